The summed E-state index contributed by atoms with van der Waals surface area (Å²) in [6.07, 6.45) is -4.48. The Morgan fingerprint density at radius 1 is 0.806 bits per heavy atom. The summed E-state index contributed by atoms with van der Waals surface area (Å²) in [5, 5.41) is 0. The van der Waals surface area contributed by atoms with Crippen LogP contribution in [0.3, 0.4) is 0 Å². The van der Waals surface area contributed by atoms with Gasteiger partial charge < -0.3 is 9.47 Å². The van der Waals surface area contributed by atoms with Gasteiger partial charge in [-0.1, -0.05) is 48.0 Å². The van der Waals surface area contributed by atoms with Crippen LogP contribution in [0.2, 0.25) is 0 Å². The van der Waals surface area contributed by atoms with Crippen molar-refractivity contribution >= 4 is 11.9 Å². The van der Waals surface area contributed by atoms with E-state index in [-0.39, 0.29) is 5.41 Å². The maximum absolute atomic E-state index is 13.3. The molecule has 0 saturated heterocycles. The molecule has 0 spiro atoms. The number of ether oxygens (including phenoxy) is 2. The Labute approximate surface area is 182 Å². The normalized spacial score (nSPS) is 15.9. The summed E-state index contributed by atoms with van der Waals surface area (Å²) < 4.78 is 72.3. The average Bonchev–Trinajstić information content (AvgIpc) is 2.57. The molecule has 184 valence electrons. The van der Waals surface area contributed by atoms with Crippen LogP contribution >= 0.6 is 0 Å². The first-order valence-electron chi connectivity index (χ1n) is 10.4. The van der Waals surface area contributed by atoms with Gasteiger partial charge in [-0.25, -0.2) is 0 Å². The van der Waals surface area contributed by atoms with Crippen LogP contribution < -0.4 is 0 Å². The second kappa shape index (κ2) is 9.61. The fraction of sp³-hybridized carbons (Fsp3) is 0.909. The van der Waals surface area contributed by atoms with E-state index in [0.29, 0.717) is 12.8 Å². The number of hydrogen-bond acceptors (Lipinski definition) is 4. The number of rotatable bonds is 11. The van der Waals surface area contributed by atoms with Crippen molar-refractivity contribution in [3.8, 4) is 0 Å². The van der Waals surface area contributed by atoms with Crippen LogP contribution in [0.4, 0.5) is 22.0 Å². The second-order valence-corrected chi connectivity index (χ2v) is 10.5. The maximum atomic E-state index is 13.3. The molecule has 0 aliphatic rings. The Balaban J connectivity index is 5.43. The van der Waals surface area contributed by atoms with Crippen molar-refractivity contribution < 1.29 is 41.0 Å². The van der Waals surface area contributed by atoms with E-state index in [1.54, 1.807) is 6.92 Å². The molecular formula is C22H37F5O4. The zero-order valence-corrected chi connectivity index (χ0v) is 20.1. The van der Waals surface area contributed by atoms with Crippen molar-refractivity contribution in [2.75, 3.05) is 6.61 Å². The number of carbonyl (C=O) groups excluding carboxylic acids is 2. The first kappa shape index (κ1) is 29.6. The highest BCUT2D eigenvalue weighted by atomic mass is 19.4. The first-order chi connectivity index (χ1) is 13.6. The van der Waals surface area contributed by atoms with Crippen LogP contribution in [0.25, 0.3) is 0 Å². The smallest absolute Gasteiger partial charge is 0.456 e. The predicted octanol–water partition coefficient (Wildman–Crippen LogP) is 6.71. The SMILES string of the molecule is CCC(C)(C)CC(C)(C(=O)OC(C)(C)CC(=O)OCC(F)(F)C(F)(F)F)C(C)(C)CC. The molecule has 1 unspecified atom stereocenters. The van der Waals surface area contributed by atoms with E-state index in [9.17, 15) is 31.5 Å². The molecule has 0 aromatic heterocycles. The van der Waals surface area contributed by atoms with Crippen LogP contribution in [0.15, 0.2) is 0 Å². The van der Waals surface area contributed by atoms with Gasteiger partial charge in [-0.05, 0) is 44.4 Å². The Bertz CT molecular complexity index is 638. The summed E-state index contributed by atoms with van der Waals surface area (Å²) in [5.41, 5.74) is -3.01. The number of carbonyl (C=O) groups is 2. The molecule has 0 aromatic rings. The predicted molar refractivity (Wildman–Crippen MR) is 108 cm³/mol. The molecule has 0 radical (unpaired) electrons. The van der Waals surface area contributed by atoms with Gasteiger partial charge in [0.15, 0.2) is 6.61 Å². The van der Waals surface area contributed by atoms with Crippen molar-refractivity contribution in [1.29, 1.82) is 0 Å². The van der Waals surface area contributed by atoms with Crippen LogP contribution in [-0.4, -0.2) is 36.2 Å². The summed E-state index contributed by atoms with van der Waals surface area (Å²) in [6.45, 7) is 14.4. The topological polar surface area (TPSA) is 52.6 Å². The fourth-order valence-electron chi connectivity index (χ4n) is 3.11. The lowest BCUT2D eigenvalue weighted by atomic mass is 9.58. The van der Waals surface area contributed by atoms with E-state index < -0.39 is 53.5 Å². The van der Waals surface area contributed by atoms with Gasteiger partial charge in [0.25, 0.3) is 0 Å². The van der Waals surface area contributed by atoms with Crippen LogP contribution in [-0.2, 0) is 19.1 Å². The minimum atomic E-state index is -5.82. The van der Waals surface area contributed by atoms with Gasteiger partial charge in [0.2, 0.25) is 0 Å². The summed E-state index contributed by atoms with van der Waals surface area (Å²) >= 11 is 0. The quantitative estimate of drug-likeness (QED) is 0.254. The number of alkyl halides is 5. The summed E-state index contributed by atoms with van der Waals surface area (Å²) in [7, 11) is 0. The first-order valence-corrected chi connectivity index (χ1v) is 10.4. The van der Waals surface area contributed by atoms with Gasteiger partial charge in [-0.3, -0.25) is 9.59 Å². The Kier molecular flexibility index (Phi) is 9.17. The van der Waals surface area contributed by atoms with Crippen molar-refractivity contribution in [2.24, 2.45) is 16.2 Å². The summed E-state index contributed by atoms with van der Waals surface area (Å²) in [5.74, 6) is -7.02. The molecule has 0 aliphatic heterocycles. The van der Waals surface area contributed by atoms with Gasteiger partial charge in [-0.2, -0.15) is 22.0 Å². The van der Waals surface area contributed by atoms with E-state index >= 15 is 0 Å². The molecule has 0 rings (SSSR count). The number of halogens is 5. The Hall–Kier alpha value is -1.41. The number of hydrogen-bond donors (Lipinski definition) is 0. The third kappa shape index (κ3) is 7.90. The monoisotopic (exact) mass is 460 g/mol. The molecule has 4 nitrogen and oxygen atoms in total. The molecule has 31 heavy (non-hydrogen) atoms. The molecule has 0 aliphatic carbocycles. The van der Waals surface area contributed by atoms with Gasteiger partial charge in [0, 0.05) is 0 Å². The maximum Gasteiger partial charge on any atom is 0.456 e. The minimum absolute atomic E-state index is 0.174. The molecule has 0 amide bonds. The zero-order valence-electron chi connectivity index (χ0n) is 20.1. The van der Waals surface area contributed by atoms with Crippen LogP contribution in [0.5, 0.6) is 0 Å². The highest BCUT2D eigenvalue weighted by Crippen LogP contribution is 2.51. The molecule has 0 heterocycles. The largest absolute Gasteiger partial charge is 0.459 e. The van der Waals surface area contributed by atoms with E-state index in [1.165, 1.54) is 13.8 Å². The molecular weight excluding hydrogens is 423 g/mol. The average molecular weight is 461 g/mol. The Morgan fingerprint density at radius 2 is 1.29 bits per heavy atom. The highest BCUT2D eigenvalue weighted by Gasteiger charge is 2.58. The van der Waals surface area contributed by atoms with Gasteiger partial charge in [-0.15, -0.1) is 0 Å². The van der Waals surface area contributed by atoms with Crippen molar-refractivity contribution in [3.05, 3.63) is 0 Å². The minimum Gasteiger partial charge on any atom is -0.459 e. The highest BCUT2D eigenvalue weighted by molar-refractivity contribution is 5.79. The van der Waals surface area contributed by atoms with Crippen molar-refractivity contribution in [1.82, 2.24) is 0 Å². The van der Waals surface area contributed by atoms with Gasteiger partial charge in [0.1, 0.15) is 5.60 Å². The molecule has 1 atom stereocenters. The number of esters is 2. The van der Waals surface area contributed by atoms with E-state index in [4.69, 9.17) is 4.74 Å². The van der Waals surface area contributed by atoms with Gasteiger partial charge >= 0.3 is 24.0 Å². The zero-order chi connectivity index (χ0) is 25.1. The van der Waals surface area contributed by atoms with Crippen LogP contribution in [0.1, 0.15) is 88.0 Å². The van der Waals surface area contributed by atoms with Crippen molar-refractivity contribution in [3.63, 3.8) is 0 Å². The molecule has 0 N–H and O–H groups in total. The van der Waals surface area contributed by atoms with E-state index in [2.05, 4.69) is 4.74 Å². The molecule has 0 bridgehead atoms. The van der Waals surface area contributed by atoms with E-state index in [0.717, 1.165) is 6.42 Å². The molecule has 0 saturated carbocycles. The lowest BCUT2D eigenvalue weighted by Crippen LogP contribution is -2.48. The third-order valence-corrected chi connectivity index (χ3v) is 6.39. The van der Waals surface area contributed by atoms with Crippen LogP contribution in [0, 0.1) is 16.2 Å². The third-order valence-electron chi connectivity index (χ3n) is 6.39. The molecule has 0 aromatic carbocycles. The molecule has 9 heteroatoms. The standard InChI is InChI=1S/C22H37F5O4/c1-10-17(3,4)13-20(9,18(5,6)11-2)16(29)31-19(7,8)12-15(28)30-14-21(23,24)22(25,26)27/h10-14H2,1-9H3. The lowest BCUT2D eigenvalue weighted by Gasteiger charge is -2.47. The summed E-state index contributed by atoms with van der Waals surface area (Å²) in [4.78, 5) is 25.1. The fourth-order valence-corrected chi connectivity index (χ4v) is 3.11. The van der Waals surface area contributed by atoms with Crippen molar-refractivity contribution in [2.45, 2.75) is 106 Å². The second-order valence-electron chi connectivity index (χ2n) is 10.5. The lowest BCUT2D eigenvalue weighted by molar-refractivity contribution is -0.294. The van der Waals surface area contributed by atoms with Gasteiger partial charge in [0.05, 0.1) is 11.8 Å². The van der Waals surface area contributed by atoms with E-state index in [1.807, 2.05) is 41.5 Å². The molecule has 0 fully saturated rings. The summed E-state index contributed by atoms with van der Waals surface area (Å²) in [6, 6.07) is 0. The Morgan fingerprint density at radius 3 is 1.68 bits per heavy atom.